The van der Waals surface area contributed by atoms with E-state index in [0.29, 0.717) is 5.41 Å². The minimum atomic E-state index is 0.375. The molecular weight excluding hydrogens is 288 g/mol. The molecule has 0 bridgehead atoms. The van der Waals surface area contributed by atoms with Crippen molar-refractivity contribution in [2.45, 2.75) is 93.4 Å². The zero-order valence-corrected chi connectivity index (χ0v) is 17.5. The third-order valence-electron chi connectivity index (χ3n) is 3.96. The molecule has 0 aliphatic heterocycles. The molecule has 0 atom stereocenters. The molecule has 138 valence electrons. The molecule has 0 amide bonds. The summed E-state index contributed by atoms with van der Waals surface area (Å²) in [6, 6.07) is 0. The molecule has 0 aromatic heterocycles. The van der Waals surface area contributed by atoms with Crippen molar-refractivity contribution in [3.05, 3.63) is 47.6 Å². The van der Waals surface area contributed by atoms with Gasteiger partial charge in [-0.2, -0.15) is 0 Å². The lowest BCUT2D eigenvalue weighted by molar-refractivity contribution is 0.403. The number of hydrogen-bond donors (Lipinski definition) is 0. The van der Waals surface area contributed by atoms with Crippen molar-refractivity contribution in [2.24, 2.45) is 11.3 Å². The van der Waals surface area contributed by atoms with Crippen LogP contribution in [0.5, 0.6) is 0 Å². The first kappa shape index (κ1) is 23.0. The van der Waals surface area contributed by atoms with Gasteiger partial charge in [-0.1, -0.05) is 75.6 Å². The van der Waals surface area contributed by atoms with Crippen LogP contribution < -0.4 is 0 Å². The van der Waals surface area contributed by atoms with Crippen molar-refractivity contribution < 1.29 is 0 Å². The predicted molar refractivity (Wildman–Crippen MR) is 112 cm³/mol. The molecule has 0 aromatic carbocycles. The first-order valence-corrected chi connectivity index (χ1v) is 9.74. The lowest BCUT2D eigenvalue weighted by atomic mass is 9.85. The summed E-state index contributed by atoms with van der Waals surface area (Å²) >= 11 is 0. The zero-order valence-electron chi connectivity index (χ0n) is 17.5. The van der Waals surface area contributed by atoms with Crippen LogP contribution in [-0.4, -0.2) is 0 Å². The van der Waals surface area contributed by atoms with E-state index in [-0.39, 0.29) is 0 Å². The molecule has 0 aromatic rings. The number of hydrogen-bond acceptors (Lipinski definition) is 0. The average molecular weight is 331 g/mol. The normalized spacial score (nSPS) is 13.3. The first-order chi connectivity index (χ1) is 11.1. The van der Waals surface area contributed by atoms with Crippen LogP contribution in [0.25, 0.3) is 0 Å². The van der Waals surface area contributed by atoms with Gasteiger partial charge in [-0.25, -0.2) is 0 Å². The largest absolute Gasteiger partial charge is 0.103 e. The quantitative estimate of drug-likeness (QED) is 0.333. The van der Waals surface area contributed by atoms with Gasteiger partial charge < -0.3 is 0 Å². The van der Waals surface area contributed by atoms with Gasteiger partial charge in [0.05, 0.1) is 0 Å². The Hall–Kier alpha value is -1.04. The molecule has 0 aliphatic rings. The van der Waals surface area contributed by atoms with Crippen molar-refractivity contribution in [3.63, 3.8) is 0 Å². The second kappa shape index (κ2) is 12.3. The second-order valence-corrected chi connectivity index (χ2v) is 8.94. The van der Waals surface area contributed by atoms with Crippen LogP contribution in [0, 0.1) is 11.3 Å². The summed E-state index contributed by atoms with van der Waals surface area (Å²) in [5.74, 6) is 0.746. The van der Waals surface area contributed by atoms with Crippen LogP contribution >= 0.6 is 0 Å². The van der Waals surface area contributed by atoms with E-state index in [0.717, 1.165) is 25.2 Å². The highest BCUT2D eigenvalue weighted by Crippen LogP contribution is 2.28. The maximum absolute atomic E-state index is 3.92. The Balaban J connectivity index is 4.73. The van der Waals surface area contributed by atoms with Gasteiger partial charge in [0.15, 0.2) is 0 Å². The monoisotopic (exact) mass is 330 g/mol. The summed E-state index contributed by atoms with van der Waals surface area (Å²) in [5.41, 5.74) is 4.97. The lowest BCUT2D eigenvalue weighted by Crippen LogP contribution is -2.06. The molecule has 0 saturated heterocycles. The summed E-state index contributed by atoms with van der Waals surface area (Å²) in [4.78, 5) is 0. The van der Waals surface area contributed by atoms with E-state index in [1.807, 2.05) is 6.08 Å². The average Bonchev–Trinajstić information content (AvgIpc) is 2.42. The Morgan fingerprint density at radius 1 is 0.917 bits per heavy atom. The van der Waals surface area contributed by atoms with Crippen molar-refractivity contribution in [1.82, 2.24) is 0 Å². The van der Waals surface area contributed by atoms with Gasteiger partial charge in [0.2, 0.25) is 0 Å². The maximum Gasteiger partial charge on any atom is -0.0141 e. The summed E-state index contributed by atoms with van der Waals surface area (Å²) in [6.07, 6.45) is 17.5. The zero-order chi connectivity index (χ0) is 18.6. The summed E-state index contributed by atoms with van der Waals surface area (Å²) in [6.45, 7) is 19.9. The minimum Gasteiger partial charge on any atom is -0.103 e. The van der Waals surface area contributed by atoms with Crippen LogP contribution in [0.2, 0.25) is 0 Å². The van der Waals surface area contributed by atoms with E-state index in [9.17, 15) is 0 Å². The van der Waals surface area contributed by atoms with Crippen molar-refractivity contribution in [2.75, 3.05) is 0 Å². The third kappa shape index (κ3) is 14.5. The molecule has 0 heterocycles. The Kier molecular flexibility index (Phi) is 11.8. The second-order valence-electron chi connectivity index (χ2n) is 8.94. The molecule has 0 nitrogen and oxygen atoms in total. The van der Waals surface area contributed by atoms with Crippen molar-refractivity contribution in [3.8, 4) is 0 Å². The molecule has 0 N–H and O–H groups in total. The van der Waals surface area contributed by atoms with E-state index in [4.69, 9.17) is 0 Å². The van der Waals surface area contributed by atoms with E-state index in [1.54, 1.807) is 11.1 Å². The van der Waals surface area contributed by atoms with Gasteiger partial charge in [-0.3, -0.25) is 0 Å². The molecule has 0 heteroatoms. The van der Waals surface area contributed by atoms with Crippen LogP contribution in [0.4, 0.5) is 0 Å². The molecule has 0 radical (unpaired) electrons. The highest BCUT2D eigenvalue weighted by Gasteiger charge is 2.13. The SMILES string of the molecule is C=CC/C(=C\CC/C(=C/CC(C)C)CC(C)(C)C)CCC=C(C)C. The van der Waals surface area contributed by atoms with Gasteiger partial charge in [0, 0.05) is 0 Å². The molecule has 0 aliphatic carbocycles. The van der Waals surface area contributed by atoms with Gasteiger partial charge in [0.1, 0.15) is 0 Å². The van der Waals surface area contributed by atoms with Crippen LogP contribution in [0.1, 0.15) is 93.4 Å². The topological polar surface area (TPSA) is 0 Å². The lowest BCUT2D eigenvalue weighted by Gasteiger charge is -2.21. The molecular formula is C24H42. The summed E-state index contributed by atoms with van der Waals surface area (Å²) < 4.78 is 0. The van der Waals surface area contributed by atoms with Gasteiger partial charge in [0.25, 0.3) is 0 Å². The van der Waals surface area contributed by atoms with Crippen molar-refractivity contribution in [1.29, 1.82) is 0 Å². The summed E-state index contributed by atoms with van der Waals surface area (Å²) in [7, 11) is 0. The third-order valence-corrected chi connectivity index (χ3v) is 3.96. The molecule has 0 fully saturated rings. The van der Waals surface area contributed by atoms with E-state index >= 15 is 0 Å². The molecule has 24 heavy (non-hydrogen) atoms. The molecule has 0 saturated carbocycles. The highest BCUT2D eigenvalue weighted by molar-refractivity contribution is 5.11. The first-order valence-electron chi connectivity index (χ1n) is 9.74. The Morgan fingerprint density at radius 3 is 2.00 bits per heavy atom. The van der Waals surface area contributed by atoms with Crippen molar-refractivity contribution >= 4 is 0 Å². The summed E-state index contributed by atoms with van der Waals surface area (Å²) in [5, 5.41) is 0. The molecule has 0 rings (SSSR count). The Morgan fingerprint density at radius 2 is 1.50 bits per heavy atom. The molecule has 0 spiro atoms. The minimum absolute atomic E-state index is 0.375. The van der Waals surface area contributed by atoms with E-state index in [2.05, 4.69) is 73.3 Å². The van der Waals surface area contributed by atoms with Crippen LogP contribution in [0.15, 0.2) is 47.6 Å². The van der Waals surface area contributed by atoms with E-state index in [1.165, 1.54) is 31.3 Å². The fraction of sp³-hybridized carbons (Fsp3) is 0.667. The fourth-order valence-electron chi connectivity index (χ4n) is 2.83. The maximum atomic E-state index is 3.92. The number of rotatable bonds is 11. The standard InChI is InChI=1S/C24H42/c1-9-12-22(14-10-13-20(2)3)15-11-16-23(18-17-21(4)5)19-24(6,7)8/h9,13,15,18,21H,1,10-12,14,16-17,19H2,2-8H3/b22-15+,23-18-. The molecule has 0 unspecified atom stereocenters. The van der Waals surface area contributed by atoms with Crippen LogP contribution in [0.3, 0.4) is 0 Å². The fourth-order valence-corrected chi connectivity index (χ4v) is 2.83. The smallest absolute Gasteiger partial charge is 0.0141 e. The highest BCUT2D eigenvalue weighted by atomic mass is 14.2. The van der Waals surface area contributed by atoms with Gasteiger partial charge >= 0.3 is 0 Å². The van der Waals surface area contributed by atoms with Gasteiger partial charge in [-0.15, -0.1) is 6.58 Å². The number of allylic oxidation sites excluding steroid dienone is 7. The predicted octanol–water partition coefficient (Wildman–Crippen LogP) is 8.42. The van der Waals surface area contributed by atoms with Gasteiger partial charge in [-0.05, 0) is 70.1 Å². The van der Waals surface area contributed by atoms with Crippen LogP contribution in [-0.2, 0) is 0 Å². The van der Waals surface area contributed by atoms with E-state index < -0.39 is 0 Å². The Bertz CT molecular complexity index is 431. The Labute approximate surface area is 152 Å².